The summed E-state index contributed by atoms with van der Waals surface area (Å²) in [5, 5.41) is 8.06. The van der Waals surface area contributed by atoms with Gasteiger partial charge in [0.1, 0.15) is 5.60 Å². The Balaban J connectivity index is 1.27. The number of nitrogens with zero attached hydrogens (tertiary/aromatic N) is 2. The highest BCUT2D eigenvalue weighted by Crippen LogP contribution is 2.43. The van der Waals surface area contributed by atoms with Crippen LogP contribution in [0.15, 0.2) is 103 Å². The third kappa shape index (κ3) is 7.62. The van der Waals surface area contributed by atoms with Crippen LogP contribution in [0.25, 0.3) is 32.9 Å². The molecule has 0 radical (unpaired) electrons. The van der Waals surface area contributed by atoms with Gasteiger partial charge in [0.25, 0.3) is 0 Å². The van der Waals surface area contributed by atoms with Crippen molar-refractivity contribution in [3.63, 3.8) is 0 Å². The van der Waals surface area contributed by atoms with Crippen LogP contribution in [0.2, 0.25) is 0 Å². The third-order valence-electron chi connectivity index (χ3n) is 9.65. The molecule has 0 aliphatic carbocycles. The van der Waals surface area contributed by atoms with Crippen LogP contribution in [0.4, 0.5) is 21.0 Å². The molecule has 0 saturated carbocycles. The van der Waals surface area contributed by atoms with Crippen molar-refractivity contribution in [1.82, 2.24) is 14.9 Å². The lowest BCUT2D eigenvalue weighted by molar-refractivity contribution is -0.139. The Labute approximate surface area is 309 Å². The number of hydrogen-bond donors (Lipinski definition) is 3. The Kier molecular flexibility index (Phi) is 9.95. The number of methoxy groups -OCH3 is 1. The summed E-state index contributed by atoms with van der Waals surface area (Å²) in [5.74, 6) is -0.451. The summed E-state index contributed by atoms with van der Waals surface area (Å²) in [6.07, 6.45) is 6.52. The normalized spacial score (nSPS) is 13.8. The van der Waals surface area contributed by atoms with E-state index in [9.17, 15) is 14.4 Å². The number of nitrogens with one attached hydrogen (secondary N) is 3. The van der Waals surface area contributed by atoms with E-state index in [0.717, 1.165) is 64.8 Å². The van der Waals surface area contributed by atoms with Crippen molar-refractivity contribution < 1.29 is 23.9 Å². The van der Waals surface area contributed by atoms with Crippen molar-refractivity contribution in [1.29, 1.82) is 0 Å². The predicted octanol–water partition coefficient (Wildman–Crippen LogP) is 9.19. The summed E-state index contributed by atoms with van der Waals surface area (Å²) in [5.41, 5.74) is 7.16. The maximum atomic E-state index is 14.1. The highest BCUT2D eigenvalue weighted by atomic mass is 16.6. The fourth-order valence-corrected chi connectivity index (χ4v) is 7.26. The quantitative estimate of drug-likeness (QED) is 0.136. The number of urea groups is 1. The second kappa shape index (κ2) is 14.9. The maximum Gasteiger partial charge on any atom is 0.419 e. The number of piperidine rings is 1. The summed E-state index contributed by atoms with van der Waals surface area (Å²) >= 11 is 0. The first kappa shape index (κ1) is 35.4. The number of fused-ring (bicyclic) bond motifs is 2. The number of para-hydroxylation sites is 1. The fourth-order valence-electron chi connectivity index (χ4n) is 7.26. The van der Waals surface area contributed by atoms with Gasteiger partial charge in [0, 0.05) is 64.3 Å². The summed E-state index contributed by atoms with van der Waals surface area (Å²) < 4.78 is 11.9. The minimum atomic E-state index is -0.716. The molecule has 0 spiro atoms. The number of rotatable bonds is 8. The minimum Gasteiger partial charge on any atom is -0.469 e. The molecule has 1 unspecified atom stereocenters. The number of benzene rings is 4. The van der Waals surface area contributed by atoms with Crippen LogP contribution in [-0.2, 0) is 20.7 Å². The van der Waals surface area contributed by atoms with Gasteiger partial charge in [0.15, 0.2) is 0 Å². The molecule has 10 heteroatoms. The second-order valence-corrected chi connectivity index (χ2v) is 14.5. The highest BCUT2D eigenvalue weighted by molar-refractivity contribution is 6.01. The predicted molar refractivity (Wildman–Crippen MR) is 210 cm³/mol. The van der Waals surface area contributed by atoms with E-state index in [2.05, 4.69) is 63.1 Å². The number of aromatic nitrogens is 2. The van der Waals surface area contributed by atoms with Crippen LogP contribution in [0.3, 0.4) is 0 Å². The Morgan fingerprint density at radius 3 is 2.38 bits per heavy atom. The van der Waals surface area contributed by atoms with E-state index in [1.807, 2.05) is 36.4 Å². The molecular formula is C43H45N5O5. The summed E-state index contributed by atoms with van der Waals surface area (Å²) in [6, 6.07) is 29.0. The molecule has 3 N–H and O–H groups in total. The first-order valence-corrected chi connectivity index (χ1v) is 18.1. The van der Waals surface area contributed by atoms with E-state index in [1.165, 1.54) is 18.1 Å². The average molecular weight is 712 g/mol. The lowest BCUT2D eigenvalue weighted by atomic mass is 9.88. The monoisotopic (exact) mass is 711 g/mol. The Morgan fingerprint density at radius 1 is 0.868 bits per heavy atom. The van der Waals surface area contributed by atoms with Crippen molar-refractivity contribution >= 4 is 51.3 Å². The second-order valence-electron chi connectivity index (χ2n) is 14.5. The van der Waals surface area contributed by atoms with Gasteiger partial charge in [-0.15, -0.1) is 0 Å². The van der Waals surface area contributed by atoms with Gasteiger partial charge in [-0.3, -0.25) is 9.36 Å². The van der Waals surface area contributed by atoms with E-state index in [4.69, 9.17) is 9.47 Å². The molecule has 10 nitrogen and oxygen atoms in total. The van der Waals surface area contributed by atoms with Crippen LogP contribution >= 0.6 is 0 Å². The lowest BCUT2D eigenvalue weighted by Crippen LogP contribution is -2.34. The number of H-pyrrole nitrogens is 1. The number of ether oxygens (including phenoxy) is 2. The minimum absolute atomic E-state index is 0.0570. The van der Waals surface area contributed by atoms with Crippen LogP contribution in [0.5, 0.6) is 0 Å². The summed E-state index contributed by atoms with van der Waals surface area (Å²) in [6.45, 7) is 7.33. The van der Waals surface area contributed by atoms with Gasteiger partial charge in [-0.05, 0) is 87.1 Å². The molecule has 1 aliphatic rings. The number of aromatic amines is 1. The zero-order valence-corrected chi connectivity index (χ0v) is 30.6. The number of amides is 2. The molecule has 2 amide bonds. The van der Waals surface area contributed by atoms with E-state index < -0.39 is 29.7 Å². The molecular weight excluding hydrogens is 667 g/mol. The van der Waals surface area contributed by atoms with Crippen molar-refractivity contribution in [3.05, 3.63) is 120 Å². The van der Waals surface area contributed by atoms with Gasteiger partial charge in [0.2, 0.25) is 0 Å². The summed E-state index contributed by atoms with van der Waals surface area (Å²) in [7, 11) is 1.32. The van der Waals surface area contributed by atoms with E-state index in [1.54, 1.807) is 45.2 Å². The maximum absolute atomic E-state index is 14.1. The number of esters is 1. The molecule has 1 aliphatic heterocycles. The van der Waals surface area contributed by atoms with E-state index >= 15 is 0 Å². The molecule has 2 aromatic heterocycles. The molecule has 272 valence electrons. The highest BCUT2D eigenvalue weighted by Gasteiger charge is 2.27. The first-order chi connectivity index (χ1) is 25.6. The largest absolute Gasteiger partial charge is 0.469 e. The van der Waals surface area contributed by atoms with Crippen molar-refractivity contribution in [3.8, 4) is 11.1 Å². The van der Waals surface area contributed by atoms with Crippen molar-refractivity contribution in [2.45, 2.75) is 58.1 Å². The molecule has 0 bridgehead atoms. The van der Waals surface area contributed by atoms with Crippen LogP contribution < -0.4 is 15.5 Å². The van der Waals surface area contributed by atoms with E-state index in [0.29, 0.717) is 22.2 Å². The molecule has 3 heterocycles. The smallest absolute Gasteiger partial charge is 0.419 e. The zero-order chi connectivity index (χ0) is 37.1. The van der Waals surface area contributed by atoms with E-state index in [-0.39, 0.29) is 6.42 Å². The summed E-state index contributed by atoms with van der Waals surface area (Å²) in [4.78, 5) is 45.5. The van der Waals surface area contributed by atoms with Gasteiger partial charge in [0.05, 0.1) is 25.1 Å². The van der Waals surface area contributed by atoms with Crippen LogP contribution in [0, 0.1) is 0 Å². The molecule has 7 rings (SSSR count). The molecule has 53 heavy (non-hydrogen) atoms. The lowest BCUT2D eigenvalue weighted by Gasteiger charge is -2.33. The molecule has 6 aromatic rings. The SMILES string of the molecule is COC(=O)Cc1cn(C(=O)OC(C)(C)C)c2ccc(NC(=O)NC(c3ccccc3)c3cccc(N4CCCCC4)c3-c3c[nH]c4ccccc34)cc12. The molecule has 1 saturated heterocycles. The van der Waals surface area contributed by atoms with Crippen molar-refractivity contribution in [2.24, 2.45) is 0 Å². The topological polar surface area (TPSA) is 118 Å². The van der Waals surface area contributed by atoms with Crippen molar-refractivity contribution in [2.75, 3.05) is 30.4 Å². The average Bonchev–Trinajstić information content (AvgIpc) is 3.75. The third-order valence-corrected chi connectivity index (χ3v) is 9.65. The molecule has 4 aromatic carbocycles. The van der Waals surface area contributed by atoms with Gasteiger partial charge >= 0.3 is 18.1 Å². The Bertz CT molecular complexity index is 2280. The van der Waals surface area contributed by atoms with Gasteiger partial charge < -0.3 is 30.0 Å². The Morgan fingerprint density at radius 2 is 1.62 bits per heavy atom. The Hall–Kier alpha value is -6.03. The first-order valence-electron chi connectivity index (χ1n) is 18.1. The van der Waals surface area contributed by atoms with Gasteiger partial charge in [-0.1, -0.05) is 60.7 Å². The number of carbonyl (C=O) groups excluding carboxylic acids is 3. The number of carbonyl (C=O) groups is 3. The van der Waals surface area contributed by atoms with Gasteiger partial charge in [-0.25, -0.2) is 9.59 Å². The fraction of sp³-hybridized carbons (Fsp3) is 0.279. The number of hydrogen-bond acceptors (Lipinski definition) is 6. The van der Waals surface area contributed by atoms with Gasteiger partial charge in [-0.2, -0.15) is 0 Å². The molecule has 1 atom stereocenters. The standard InChI is InChI=1S/C43H45N5O5/c1-43(2,3)53-42(51)48-27-29(24-38(49)52-4)33-25-30(20-21-36(33)48)45-41(50)46-40(28-14-7-5-8-15-28)32-17-13-19-37(47-22-11-6-12-23-47)39(32)34-26-44-35-18-10-9-16-31(34)35/h5,7-10,13-21,25-27,40,44H,6,11-12,22-24H2,1-4H3,(H2,45,46,50). The molecule has 1 fully saturated rings. The zero-order valence-electron chi connectivity index (χ0n) is 30.6. The van der Waals surface area contributed by atoms with Crippen LogP contribution in [0.1, 0.15) is 62.8 Å². The number of anilines is 2. The van der Waals surface area contributed by atoms with Crippen LogP contribution in [-0.4, -0.2) is 53.4 Å².